The van der Waals surface area contributed by atoms with Crippen LogP contribution in [-0.2, 0) is 4.79 Å². The molecule has 2 aromatic carbocycles. The smallest absolute Gasteiger partial charge is 0.255 e. The SMILES string of the molecule is CN(C)C(=O)c1ccc(NC(=O)c2cccc(N3CCCC3=O)c2)cc1. The van der Waals surface area contributed by atoms with Gasteiger partial charge in [0.1, 0.15) is 0 Å². The first-order valence-electron chi connectivity index (χ1n) is 8.49. The van der Waals surface area contributed by atoms with Crippen LogP contribution in [0.1, 0.15) is 33.6 Å². The molecule has 0 bridgehead atoms. The number of rotatable bonds is 4. The second kappa shape index (κ2) is 7.39. The molecule has 1 N–H and O–H groups in total. The van der Waals surface area contributed by atoms with Crippen LogP contribution in [0.2, 0.25) is 0 Å². The molecule has 134 valence electrons. The minimum atomic E-state index is -0.259. The summed E-state index contributed by atoms with van der Waals surface area (Å²) in [6.45, 7) is 0.686. The first-order valence-corrected chi connectivity index (χ1v) is 8.49. The summed E-state index contributed by atoms with van der Waals surface area (Å²) in [4.78, 5) is 39.5. The van der Waals surface area contributed by atoms with Gasteiger partial charge in [-0.05, 0) is 48.9 Å². The molecule has 0 radical (unpaired) electrons. The summed E-state index contributed by atoms with van der Waals surface area (Å²) >= 11 is 0. The van der Waals surface area contributed by atoms with Gasteiger partial charge in [0.15, 0.2) is 0 Å². The van der Waals surface area contributed by atoms with Gasteiger partial charge in [0.25, 0.3) is 11.8 Å². The predicted molar refractivity (Wildman–Crippen MR) is 100 cm³/mol. The lowest BCUT2D eigenvalue weighted by atomic mass is 10.1. The van der Waals surface area contributed by atoms with Gasteiger partial charge in [-0.1, -0.05) is 6.07 Å². The fourth-order valence-electron chi connectivity index (χ4n) is 2.89. The van der Waals surface area contributed by atoms with E-state index < -0.39 is 0 Å². The van der Waals surface area contributed by atoms with Crippen molar-refractivity contribution >= 4 is 29.1 Å². The van der Waals surface area contributed by atoms with Crippen molar-refractivity contribution in [3.05, 3.63) is 59.7 Å². The van der Waals surface area contributed by atoms with E-state index in [-0.39, 0.29) is 17.7 Å². The third-order valence-corrected chi connectivity index (χ3v) is 4.29. The van der Waals surface area contributed by atoms with E-state index in [1.54, 1.807) is 61.5 Å². The number of carbonyl (C=O) groups excluding carboxylic acids is 3. The zero-order valence-corrected chi connectivity index (χ0v) is 14.9. The summed E-state index contributed by atoms with van der Waals surface area (Å²) < 4.78 is 0. The monoisotopic (exact) mass is 351 g/mol. The van der Waals surface area contributed by atoms with E-state index in [4.69, 9.17) is 0 Å². The van der Waals surface area contributed by atoms with Crippen molar-refractivity contribution in [3.63, 3.8) is 0 Å². The summed E-state index contributed by atoms with van der Waals surface area (Å²) in [5.41, 5.74) is 2.39. The molecule has 0 spiro atoms. The molecule has 0 atom stereocenters. The number of amides is 3. The largest absolute Gasteiger partial charge is 0.345 e. The Balaban J connectivity index is 1.72. The number of nitrogens with one attached hydrogen (secondary N) is 1. The summed E-state index contributed by atoms with van der Waals surface area (Å²) in [6.07, 6.45) is 1.39. The Hall–Kier alpha value is -3.15. The van der Waals surface area contributed by atoms with Crippen LogP contribution in [-0.4, -0.2) is 43.3 Å². The number of benzene rings is 2. The van der Waals surface area contributed by atoms with Gasteiger partial charge >= 0.3 is 0 Å². The second-order valence-corrected chi connectivity index (χ2v) is 6.43. The quantitative estimate of drug-likeness (QED) is 0.921. The van der Waals surface area contributed by atoms with E-state index in [2.05, 4.69) is 5.32 Å². The predicted octanol–water partition coefficient (Wildman–Crippen LogP) is 2.77. The molecule has 1 fully saturated rings. The zero-order chi connectivity index (χ0) is 18.7. The van der Waals surface area contributed by atoms with E-state index in [1.807, 2.05) is 6.07 Å². The molecule has 6 heteroatoms. The van der Waals surface area contributed by atoms with Crippen LogP contribution in [0.3, 0.4) is 0 Å². The van der Waals surface area contributed by atoms with Gasteiger partial charge < -0.3 is 15.1 Å². The summed E-state index contributed by atoms with van der Waals surface area (Å²) in [5, 5.41) is 2.82. The third-order valence-electron chi connectivity index (χ3n) is 4.29. The molecule has 6 nitrogen and oxygen atoms in total. The molecule has 2 aromatic rings. The Labute approximate surface area is 152 Å². The van der Waals surface area contributed by atoms with Crippen LogP contribution < -0.4 is 10.2 Å². The first-order chi connectivity index (χ1) is 12.5. The highest BCUT2D eigenvalue weighted by Gasteiger charge is 2.22. The fraction of sp³-hybridized carbons (Fsp3) is 0.250. The van der Waals surface area contributed by atoms with E-state index in [1.165, 1.54) is 4.90 Å². The maximum atomic E-state index is 12.5. The minimum Gasteiger partial charge on any atom is -0.345 e. The number of anilines is 2. The highest BCUT2D eigenvalue weighted by Crippen LogP contribution is 2.23. The van der Waals surface area contributed by atoms with Crippen molar-refractivity contribution in [2.75, 3.05) is 30.9 Å². The van der Waals surface area contributed by atoms with Crippen molar-refractivity contribution < 1.29 is 14.4 Å². The Kier molecular flexibility index (Phi) is 5.02. The normalized spacial score (nSPS) is 13.6. The van der Waals surface area contributed by atoms with Gasteiger partial charge in [-0.2, -0.15) is 0 Å². The summed E-state index contributed by atoms with van der Waals surface area (Å²) in [5.74, 6) is -0.264. The van der Waals surface area contributed by atoms with Crippen molar-refractivity contribution in [1.29, 1.82) is 0 Å². The van der Waals surface area contributed by atoms with E-state index in [9.17, 15) is 14.4 Å². The molecule has 26 heavy (non-hydrogen) atoms. The first kappa shape index (κ1) is 17.7. The topological polar surface area (TPSA) is 69.7 Å². The van der Waals surface area contributed by atoms with Crippen molar-refractivity contribution in [1.82, 2.24) is 4.90 Å². The molecule has 1 aliphatic heterocycles. The average molecular weight is 351 g/mol. The van der Waals surface area contributed by atoms with Crippen LogP contribution in [0.15, 0.2) is 48.5 Å². The van der Waals surface area contributed by atoms with Crippen molar-refractivity contribution in [2.45, 2.75) is 12.8 Å². The highest BCUT2D eigenvalue weighted by molar-refractivity contribution is 6.06. The van der Waals surface area contributed by atoms with Gasteiger partial charge in [0, 0.05) is 49.6 Å². The number of hydrogen-bond donors (Lipinski definition) is 1. The Morgan fingerprint density at radius 3 is 2.38 bits per heavy atom. The Morgan fingerprint density at radius 1 is 1.04 bits per heavy atom. The van der Waals surface area contributed by atoms with Gasteiger partial charge in [-0.25, -0.2) is 0 Å². The maximum absolute atomic E-state index is 12.5. The van der Waals surface area contributed by atoms with Crippen LogP contribution in [0.4, 0.5) is 11.4 Å². The molecule has 0 aromatic heterocycles. The van der Waals surface area contributed by atoms with Gasteiger partial charge in [0.2, 0.25) is 5.91 Å². The lowest BCUT2D eigenvalue weighted by Crippen LogP contribution is -2.24. The number of nitrogens with zero attached hydrogens (tertiary/aromatic N) is 2. The van der Waals surface area contributed by atoms with Crippen molar-refractivity contribution in [2.24, 2.45) is 0 Å². The van der Waals surface area contributed by atoms with E-state index >= 15 is 0 Å². The molecule has 1 heterocycles. The molecule has 0 unspecified atom stereocenters. The second-order valence-electron chi connectivity index (χ2n) is 6.43. The van der Waals surface area contributed by atoms with Gasteiger partial charge in [0.05, 0.1) is 0 Å². The van der Waals surface area contributed by atoms with Gasteiger partial charge in [-0.15, -0.1) is 0 Å². The van der Waals surface area contributed by atoms with E-state index in [0.29, 0.717) is 29.8 Å². The van der Waals surface area contributed by atoms with Gasteiger partial charge in [-0.3, -0.25) is 14.4 Å². The Bertz CT molecular complexity index is 844. The third kappa shape index (κ3) is 3.74. The van der Waals surface area contributed by atoms with Crippen LogP contribution >= 0.6 is 0 Å². The minimum absolute atomic E-state index is 0.0868. The standard InChI is InChI=1S/C20H21N3O3/c1-22(2)20(26)14-8-10-16(11-9-14)21-19(25)15-5-3-6-17(13-15)23-12-4-7-18(23)24/h3,5-6,8-11,13H,4,7,12H2,1-2H3,(H,21,25). The molecule has 3 amide bonds. The summed E-state index contributed by atoms with van der Waals surface area (Å²) in [6, 6.07) is 13.8. The van der Waals surface area contributed by atoms with Crippen molar-refractivity contribution in [3.8, 4) is 0 Å². The van der Waals surface area contributed by atoms with Crippen LogP contribution in [0, 0.1) is 0 Å². The molecule has 1 saturated heterocycles. The molecule has 3 rings (SSSR count). The molecule has 0 saturated carbocycles. The lowest BCUT2D eigenvalue weighted by molar-refractivity contribution is -0.117. The summed E-state index contributed by atoms with van der Waals surface area (Å²) in [7, 11) is 3.38. The number of hydrogen-bond acceptors (Lipinski definition) is 3. The molecule has 0 aliphatic carbocycles. The van der Waals surface area contributed by atoms with E-state index in [0.717, 1.165) is 12.1 Å². The molecular weight excluding hydrogens is 330 g/mol. The fourth-order valence-corrected chi connectivity index (χ4v) is 2.89. The van der Waals surface area contributed by atoms with Crippen LogP contribution in [0.25, 0.3) is 0 Å². The molecular formula is C20H21N3O3. The Morgan fingerprint density at radius 2 is 1.77 bits per heavy atom. The van der Waals surface area contributed by atoms with Crippen LogP contribution in [0.5, 0.6) is 0 Å². The zero-order valence-electron chi connectivity index (χ0n) is 14.9. The molecule has 1 aliphatic rings. The lowest BCUT2D eigenvalue weighted by Gasteiger charge is -2.16. The number of carbonyl (C=O) groups is 3. The highest BCUT2D eigenvalue weighted by atomic mass is 16.2. The average Bonchev–Trinajstić information content (AvgIpc) is 3.07. The maximum Gasteiger partial charge on any atom is 0.255 e.